The Labute approximate surface area is 114 Å². The minimum atomic E-state index is 0.686. The highest BCUT2D eigenvalue weighted by Gasteiger charge is 2.06. The Balaban J connectivity index is 1.81. The van der Waals surface area contributed by atoms with Crippen molar-refractivity contribution in [3.63, 3.8) is 0 Å². The summed E-state index contributed by atoms with van der Waals surface area (Å²) in [6.07, 6.45) is 0. The van der Waals surface area contributed by atoms with Gasteiger partial charge in [0.25, 0.3) is 0 Å². The number of hydrogen-bond acceptors (Lipinski definition) is 2. The topological polar surface area (TPSA) is 25.2 Å². The van der Waals surface area contributed by atoms with Gasteiger partial charge in [-0.1, -0.05) is 30.3 Å². The van der Waals surface area contributed by atoms with Crippen LogP contribution in [-0.4, -0.2) is 0 Å². The lowest BCUT2D eigenvalue weighted by Crippen LogP contribution is -1.97. The molecular weight excluding hydrogens is 290 g/mol. The Morgan fingerprint density at radius 3 is 2.61 bits per heavy atom. The molecule has 0 atom stereocenters. The third-order valence-electron chi connectivity index (χ3n) is 2.79. The molecule has 3 heteroatoms. The van der Waals surface area contributed by atoms with E-state index in [1.807, 2.05) is 42.5 Å². The van der Waals surface area contributed by atoms with E-state index in [2.05, 4.69) is 33.4 Å². The van der Waals surface area contributed by atoms with Crippen LogP contribution in [0.5, 0.6) is 0 Å². The number of furan rings is 1. The number of hydrogen-bond donors (Lipinski definition) is 1. The van der Waals surface area contributed by atoms with E-state index in [-0.39, 0.29) is 0 Å². The number of para-hydroxylation sites is 2. The Bertz CT molecular complexity index is 661. The van der Waals surface area contributed by atoms with Crippen LogP contribution in [0.3, 0.4) is 0 Å². The van der Waals surface area contributed by atoms with Crippen molar-refractivity contribution in [1.29, 1.82) is 0 Å². The molecular formula is C15H12BrNO. The molecule has 2 aromatic carbocycles. The lowest BCUT2D eigenvalue weighted by Gasteiger charge is -2.02. The smallest absolute Gasteiger partial charge is 0.148 e. The first kappa shape index (κ1) is 11.4. The lowest BCUT2D eigenvalue weighted by molar-refractivity contribution is 0.558. The van der Waals surface area contributed by atoms with Gasteiger partial charge in [0.2, 0.25) is 0 Å². The van der Waals surface area contributed by atoms with Gasteiger partial charge in [-0.2, -0.15) is 0 Å². The molecule has 3 aromatic rings. The molecule has 18 heavy (non-hydrogen) atoms. The normalized spacial score (nSPS) is 10.7. The summed E-state index contributed by atoms with van der Waals surface area (Å²) in [5.41, 5.74) is 2.00. The number of anilines is 1. The average Bonchev–Trinajstić information content (AvgIpc) is 2.82. The predicted molar refractivity (Wildman–Crippen MR) is 77.7 cm³/mol. The molecule has 3 rings (SSSR count). The molecule has 0 fully saturated rings. The summed E-state index contributed by atoms with van der Waals surface area (Å²) in [5.74, 6) is 0.931. The second-order valence-electron chi connectivity index (χ2n) is 4.09. The molecule has 2 nitrogen and oxygen atoms in total. The number of halogens is 1. The molecule has 0 spiro atoms. The summed E-state index contributed by atoms with van der Waals surface area (Å²) >= 11 is 3.49. The SMILES string of the molecule is Brc1cccc2cc(CNc3ccccc3)oc12. The van der Waals surface area contributed by atoms with Gasteiger partial charge in [0.15, 0.2) is 0 Å². The van der Waals surface area contributed by atoms with Crippen LogP contribution in [0.1, 0.15) is 5.76 Å². The number of nitrogens with one attached hydrogen (secondary N) is 1. The van der Waals surface area contributed by atoms with Gasteiger partial charge < -0.3 is 9.73 Å². The maximum Gasteiger partial charge on any atom is 0.148 e. The van der Waals surface area contributed by atoms with E-state index in [4.69, 9.17) is 4.42 Å². The fourth-order valence-corrected chi connectivity index (χ4v) is 2.38. The van der Waals surface area contributed by atoms with Crippen LogP contribution in [0, 0.1) is 0 Å². The molecule has 0 unspecified atom stereocenters. The third kappa shape index (κ3) is 2.27. The van der Waals surface area contributed by atoms with Gasteiger partial charge in [-0.15, -0.1) is 0 Å². The zero-order chi connectivity index (χ0) is 12.4. The quantitative estimate of drug-likeness (QED) is 0.751. The summed E-state index contributed by atoms with van der Waals surface area (Å²) < 4.78 is 6.80. The first-order chi connectivity index (χ1) is 8.83. The van der Waals surface area contributed by atoms with Crippen LogP contribution >= 0.6 is 15.9 Å². The third-order valence-corrected chi connectivity index (χ3v) is 3.41. The van der Waals surface area contributed by atoms with Gasteiger partial charge in [0, 0.05) is 11.1 Å². The second-order valence-corrected chi connectivity index (χ2v) is 4.94. The summed E-state index contributed by atoms with van der Waals surface area (Å²) in [5, 5.41) is 4.45. The van der Waals surface area contributed by atoms with E-state index in [9.17, 15) is 0 Å². The van der Waals surface area contributed by atoms with Crippen LogP contribution in [0.4, 0.5) is 5.69 Å². The number of benzene rings is 2. The number of fused-ring (bicyclic) bond motifs is 1. The largest absolute Gasteiger partial charge is 0.458 e. The van der Waals surface area contributed by atoms with Gasteiger partial charge in [-0.3, -0.25) is 0 Å². The first-order valence-corrected chi connectivity index (χ1v) is 6.58. The molecule has 0 aliphatic heterocycles. The van der Waals surface area contributed by atoms with Crippen LogP contribution < -0.4 is 5.32 Å². The summed E-state index contributed by atoms with van der Waals surface area (Å²) in [6, 6.07) is 18.2. The standard InChI is InChI=1S/C15H12BrNO/c16-14-8-4-5-11-9-13(18-15(11)14)10-17-12-6-2-1-3-7-12/h1-9,17H,10H2. The van der Waals surface area contributed by atoms with Crippen molar-refractivity contribution in [2.45, 2.75) is 6.54 Å². The van der Waals surface area contributed by atoms with E-state index in [0.29, 0.717) is 6.54 Å². The predicted octanol–water partition coefficient (Wildman–Crippen LogP) is 4.81. The van der Waals surface area contributed by atoms with Crippen molar-refractivity contribution < 1.29 is 4.42 Å². The molecule has 1 N–H and O–H groups in total. The Morgan fingerprint density at radius 2 is 1.83 bits per heavy atom. The summed E-state index contributed by atoms with van der Waals surface area (Å²) in [7, 11) is 0. The molecule has 1 heterocycles. The zero-order valence-corrected chi connectivity index (χ0v) is 11.3. The Hall–Kier alpha value is -1.74. The van der Waals surface area contributed by atoms with Crippen molar-refractivity contribution >= 4 is 32.6 Å². The van der Waals surface area contributed by atoms with Gasteiger partial charge in [-0.05, 0) is 40.2 Å². The van der Waals surface area contributed by atoms with E-state index in [1.54, 1.807) is 0 Å². The first-order valence-electron chi connectivity index (χ1n) is 5.79. The maximum absolute atomic E-state index is 5.81. The van der Waals surface area contributed by atoms with Gasteiger partial charge in [0.1, 0.15) is 11.3 Å². The van der Waals surface area contributed by atoms with Crippen molar-refractivity contribution in [1.82, 2.24) is 0 Å². The van der Waals surface area contributed by atoms with E-state index < -0.39 is 0 Å². The van der Waals surface area contributed by atoms with Crippen molar-refractivity contribution in [3.05, 3.63) is 64.8 Å². The van der Waals surface area contributed by atoms with Crippen molar-refractivity contribution in [3.8, 4) is 0 Å². The van der Waals surface area contributed by atoms with Crippen molar-refractivity contribution in [2.75, 3.05) is 5.32 Å². The molecule has 0 radical (unpaired) electrons. The molecule has 1 aromatic heterocycles. The highest BCUT2D eigenvalue weighted by Crippen LogP contribution is 2.27. The number of rotatable bonds is 3. The van der Waals surface area contributed by atoms with Crippen LogP contribution in [0.25, 0.3) is 11.0 Å². The molecule has 0 aliphatic rings. The molecule has 90 valence electrons. The van der Waals surface area contributed by atoms with Gasteiger partial charge >= 0.3 is 0 Å². The van der Waals surface area contributed by atoms with E-state index in [0.717, 1.165) is 26.9 Å². The average molecular weight is 302 g/mol. The van der Waals surface area contributed by atoms with Crippen LogP contribution in [-0.2, 0) is 6.54 Å². The fraction of sp³-hybridized carbons (Fsp3) is 0.0667. The summed E-state index contributed by atoms with van der Waals surface area (Å²) in [6.45, 7) is 0.686. The minimum absolute atomic E-state index is 0.686. The highest BCUT2D eigenvalue weighted by atomic mass is 79.9. The monoisotopic (exact) mass is 301 g/mol. The van der Waals surface area contributed by atoms with Crippen LogP contribution in [0.2, 0.25) is 0 Å². The Kier molecular flexibility index (Phi) is 3.07. The van der Waals surface area contributed by atoms with E-state index >= 15 is 0 Å². The fourth-order valence-electron chi connectivity index (χ4n) is 1.91. The molecule has 0 amide bonds. The van der Waals surface area contributed by atoms with Gasteiger partial charge in [-0.25, -0.2) is 0 Å². The molecule has 0 saturated heterocycles. The zero-order valence-electron chi connectivity index (χ0n) is 9.69. The minimum Gasteiger partial charge on any atom is -0.458 e. The maximum atomic E-state index is 5.81. The summed E-state index contributed by atoms with van der Waals surface area (Å²) in [4.78, 5) is 0. The lowest BCUT2D eigenvalue weighted by atomic mass is 10.2. The Morgan fingerprint density at radius 1 is 1.00 bits per heavy atom. The highest BCUT2D eigenvalue weighted by molar-refractivity contribution is 9.10. The van der Waals surface area contributed by atoms with Crippen molar-refractivity contribution in [2.24, 2.45) is 0 Å². The molecule has 0 saturated carbocycles. The van der Waals surface area contributed by atoms with Crippen LogP contribution in [0.15, 0.2) is 63.5 Å². The van der Waals surface area contributed by atoms with E-state index in [1.165, 1.54) is 0 Å². The molecule has 0 bridgehead atoms. The second kappa shape index (κ2) is 4.86. The molecule has 0 aliphatic carbocycles. The van der Waals surface area contributed by atoms with Gasteiger partial charge in [0.05, 0.1) is 11.0 Å².